The lowest BCUT2D eigenvalue weighted by Crippen LogP contribution is -2.48. The molecule has 0 saturated carbocycles. The number of carbonyl (C=O) groups is 3. The molecule has 0 bridgehead atoms. The molecule has 1 aliphatic rings. The molecule has 0 spiro atoms. The summed E-state index contributed by atoms with van der Waals surface area (Å²) in [5.41, 5.74) is 6.00. The SMILES string of the molecule is CCOc1ccc(N2C(=O)CC(NNC(=O)c3cccc(OCC)c3)C2=O)cc1. The van der Waals surface area contributed by atoms with Crippen molar-refractivity contribution in [2.45, 2.75) is 26.3 Å². The second-order valence-corrected chi connectivity index (χ2v) is 6.31. The van der Waals surface area contributed by atoms with E-state index in [1.165, 1.54) is 0 Å². The number of carbonyl (C=O) groups excluding carboxylic acids is 3. The van der Waals surface area contributed by atoms with Gasteiger partial charge in [-0.2, -0.15) is 0 Å². The third kappa shape index (κ3) is 4.72. The third-order valence-electron chi connectivity index (χ3n) is 4.32. The first-order valence-corrected chi connectivity index (χ1v) is 9.41. The fourth-order valence-corrected chi connectivity index (χ4v) is 2.99. The van der Waals surface area contributed by atoms with Crippen LogP contribution < -0.4 is 25.2 Å². The van der Waals surface area contributed by atoms with Crippen LogP contribution in [0.25, 0.3) is 0 Å². The zero-order valence-electron chi connectivity index (χ0n) is 16.3. The van der Waals surface area contributed by atoms with Crippen LogP contribution in [0.2, 0.25) is 0 Å². The number of benzene rings is 2. The number of hydrogen-bond acceptors (Lipinski definition) is 6. The topological polar surface area (TPSA) is 97.0 Å². The van der Waals surface area contributed by atoms with Gasteiger partial charge in [-0.15, -0.1) is 0 Å². The number of rotatable bonds is 8. The van der Waals surface area contributed by atoms with Crippen molar-refractivity contribution in [3.8, 4) is 11.5 Å². The average molecular weight is 397 g/mol. The molecule has 152 valence electrons. The summed E-state index contributed by atoms with van der Waals surface area (Å²) in [6.45, 7) is 4.75. The van der Waals surface area contributed by atoms with Crippen LogP contribution in [0.5, 0.6) is 11.5 Å². The second kappa shape index (κ2) is 9.20. The molecule has 1 atom stereocenters. The molecule has 0 aliphatic carbocycles. The van der Waals surface area contributed by atoms with Crippen LogP contribution in [0.4, 0.5) is 5.69 Å². The maximum atomic E-state index is 12.7. The molecule has 1 aliphatic heterocycles. The molecule has 1 saturated heterocycles. The summed E-state index contributed by atoms with van der Waals surface area (Å²) in [4.78, 5) is 38.4. The summed E-state index contributed by atoms with van der Waals surface area (Å²) >= 11 is 0. The summed E-state index contributed by atoms with van der Waals surface area (Å²) in [5.74, 6) is 0.0404. The van der Waals surface area contributed by atoms with Crippen LogP contribution >= 0.6 is 0 Å². The predicted octanol–water partition coefficient (Wildman–Crippen LogP) is 2.05. The van der Waals surface area contributed by atoms with Gasteiger partial charge in [-0.1, -0.05) is 6.07 Å². The molecular formula is C21H23N3O5. The van der Waals surface area contributed by atoms with Crippen molar-refractivity contribution < 1.29 is 23.9 Å². The van der Waals surface area contributed by atoms with Crippen LogP contribution in [0.1, 0.15) is 30.6 Å². The minimum atomic E-state index is -0.840. The van der Waals surface area contributed by atoms with Crippen molar-refractivity contribution in [1.29, 1.82) is 0 Å². The van der Waals surface area contributed by atoms with Crippen LogP contribution in [-0.4, -0.2) is 37.0 Å². The largest absolute Gasteiger partial charge is 0.494 e. The minimum Gasteiger partial charge on any atom is -0.494 e. The Morgan fingerprint density at radius 1 is 1.03 bits per heavy atom. The predicted molar refractivity (Wildman–Crippen MR) is 107 cm³/mol. The van der Waals surface area contributed by atoms with Gasteiger partial charge in [-0.3, -0.25) is 19.8 Å². The minimum absolute atomic E-state index is 0.0503. The van der Waals surface area contributed by atoms with Crippen molar-refractivity contribution >= 4 is 23.4 Å². The third-order valence-corrected chi connectivity index (χ3v) is 4.32. The van der Waals surface area contributed by atoms with E-state index in [1.54, 1.807) is 48.5 Å². The highest BCUT2D eigenvalue weighted by molar-refractivity contribution is 6.22. The Kier molecular flexibility index (Phi) is 6.46. The van der Waals surface area contributed by atoms with E-state index in [0.29, 0.717) is 36.0 Å². The number of nitrogens with zero attached hydrogens (tertiary/aromatic N) is 1. The van der Waals surface area contributed by atoms with Gasteiger partial charge in [0, 0.05) is 5.56 Å². The molecule has 2 aromatic rings. The Morgan fingerprint density at radius 2 is 1.72 bits per heavy atom. The number of imide groups is 1. The van der Waals surface area contributed by atoms with Crippen LogP contribution in [-0.2, 0) is 9.59 Å². The number of anilines is 1. The summed E-state index contributed by atoms with van der Waals surface area (Å²) in [6, 6.07) is 12.6. The van der Waals surface area contributed by atoms with Crippen molar-refractivity contribution in [1.82, 2.24) is 10.9 Å². The molecular weight excluding hydrogens is 374 g/mol. The van der Waals surface area contributed by atoms with Crippen molar-refractivity contribution in [2.75, 3.05) is 18.1 Å². The fraction of sp³-hybridized carbons (Fsp3) is 0.286. The quantitative estimate of drug-likeness (QED) is 0.523. The molecule has 0 aromatic heterocycles. The van der Waals surface area contributed by atoms with E-state index in [-0.39, 0.29) is 12.3 Å². The molecule has 1 fully saturated rings. The van der Waals surface area contributed by atoms with Gasteiger partial charge in [-0.25, -0.2) is 10.3 Å². The molecule has 2 N–H and O–H groups in total. The Bertz CT molecular complexity index is 897. The average Bonchev–Trinajstić information content (AvgIpc) is 3.01. The first-order valence-electron chi connectivity index (χ1n) is 9.41. The van der Waals surface area contributed by atoms with E-state index >= 15 is 0 Å². The van der Waals surface area contributed by atoms with Gasteiger partial charge in [0.05, 0.1) is 25.3 Å². The Hall–Kier alpha value is -3.39. The van der Waals surface area contributed by atoms with Gasteiger partial charge >= 0.3 is 0 Å². The highest BCUT2D eigenvalue weighted by Gasteiger charge is 2.39. The van der Waals surface area contributed by atoms with Gasteiger partial charge in [0.15, 0.2) is 0 Å². The lowest BCUT2D eigenvalue weighted by molar-refractivity contribution is -0.121. The van der Waals surface area contributed by atoms with Gasteiger partial charge in [0.25, 0.3) is 11.8 Å². The molecule has 8 heteroatoms. The highest BCUT2D eigenvalue weighted by atomic mass is 16.5. The maximum Gasteiger partial charge on any atom is 0.265 e. The summed E-state index contributed by atoms with van der Waals surface area (Å²) in [6.07, 6.45) is -0.0503. The molecule has 3 rings (SSSR count). The standard InChI is InChI=1S/C21H23N3O5/c1-3-28-16-10-8-15(9-11-16)24-19(25)13-18(21(24)27)22-23-20(26)14-6-5-7-17(12-14)29-4-2/h5-12,18,22H,3-4,13H2,1-2H3,(H,23,26). The van der Waals surface area contributed by atoms with E-state index < -0.39 is 17.9 Å². The zero-order chi connectivity index (χ0) is 20.8. The van der Waals surface area contributed by atoms with Gasteiger partial charge < -0.3 is 9.47 Å². The van der Waals surface area contributed by atoms with E-state index in [9.17, 15) is 14.4 Å². The number of hydrazine groups is 1. The van der Waals surface area contributed by atoms with E-state index in [1.807, 2.05) is 13.8 Å². The highest BCUT2D eigenvalue weighted by Crippen LogP contribution is 2.25. The van der Waals surface area contributed by atoms with Crippen molar-refractivity contribution in [3.05, 3.63) is 54.1 Å². The normalized spacial score (nSPS) is 16.1. The first-order chi connectivity index (χ1) is 14.0. The van der Waals surface area contributed by atoms with E-state index in [2.05, 4.69) is 10.9 Å². The van der Waals surface area contributed by atoms with Crippen molar-refractivity contribution in [2.24, 2.45) is 0 Å². The molecule has 29 heavy (non-hydrogen) atoms. The van der Waals surface area contributed by atoms with E-state index in [0.717, 1.165) is 4.90 Å². The zero-order valence-corrected chi connectivity index (χ0v) is 16.3. The second-order valence-electron chi connectivity index (χ2n) is 6.31. The lowest BCUT2D eigenvalue weighted by atomic mass is 10.2. The Morgan fingerprint density at radius 3 is 2.41 bits per heavy atom. The molecule has 3 amide bonds. The number of hydrogen-bond donors (Lipinski definition) is 2. The smallest absolute Gasteiger partial charge is 0.265 e. The van der Waals surface area contributed by atoms with Gasteiger partial charge in [0.2, 0.25) is 5.91 Å². The number of amides is 3. The first kappa shape index (κ1) is 20.3. The van der Waals surface area contributed by atoms with E-state index in [4.69, 9.17) is 9.47 Å². The number of nitrogens with one attached hydrogen (secondary N) is 2. The Balaban J connectivity index is 1.62. The summed E-state index contributed by atoms with van der Waals surface area (Å²) < 4.78 is 10.7. The molecule has 2 aromatic carbocycles. The molecule has 8 nitrogen and oxygen atoms in total. The van der Waals surface area contributed by atoms with Gasteiger partial charge in [-0.05, 0) is 56.3 Å². The van der Waals surface area contributed by atoms with Crippen LogP contribution in [0, 0.1) is 0 Å². The Labute approximate surface area is 168 Å². The molecule has 0 radical (unpaired) electrons. The van der Waals surface area contributed by atoms with Gasteiger partial charge in [0.1, 0.15) is 17.5 Å². The molecule has 1 unspecified atom stereocenters. The monoisotopic (exact) mass is 397 g/mol. The van der Waals surface area contributed by atoms with Crippen LogP contribution in [0.15, 0.2) is 48.5 Å². The molecule has 1 heterocycles. The summed E-state index contributed by atoms with van der Waals surface area (Å²) in [5, 5.41) is 0. The fourth-order valence-electron chi connectivity index (χ4n) is 2.99. The maximum absolute atomic E-state index is 12.7. The summed E-state index contributed by atoms with van der Waals surface area (Å²) in [7, 11) is 0. The van der Waals surface area contributed by atoms with Crippen LogP contribution in [0.3, 0.4) is 0 Å². The van der Waals surface area contributed by atoms with Crippen molar-refractivity contribution in [3.63, 3.8) is 0 Å². The lowest BCUT2D eigenvalue weighted by Gasteiger charge is -2.16. The number of ether oxygens (including phenoxy) is 2.